The minimum Gasteiger partial charge on any atom is -0.319 e. The molecule has 0 aliphatic heterocycles. The van der Waals surface area contributed by atoms with E-state index in [1.807, 2.05) is 0 Å². The highest BCUT2D eigenvalue weighted by Gasteiger charge is 2.36. The van der Waals surface area contributed by atoms with E-state index < -0.39 is 29.3 Å². The molecule has 6 nitrogen and oxygen atoms in total. The number of amides is 1. The quantitative estimate of drug-likeness (QED) is 0.467. The molecule has 152 valence electrons. The monoisotopic (exact) mass is 435 g/mol. The Hall–Kier alpha value is -3.53. The lowest BCUT2D eigenvalue weighted by molar-refractivity contribution is -0.142. The standard InChI is InChI=1S/C19H10ClF4N5O/c20-15-16(18(30)26-12-2-1-7-25-9-12)28-29-14(19(22,23)24)8-13(27-17(15)29)10-3-5-11(21)6-4-10/h1-9H,(H,26,30). The zero-order valence-electron chi connectivity index (χ0n) is 14.8. The average molecular weight is 436 g/mol. The SMILES string of the molecule is O=C(Nc1cccnc1)c1nn2c(C(F)(F)F)cc(-c3ccc(F)cc3)nc2c1Cl. The summed E-state index contributed by atoms with van der Waals surface area (Å²) in [6, 6.07) is 8.63. The Morgan fingerprint density at radius 2 is 1.87 bits per heavy atom. The highest BCUT2D eigenvalue weighted by molar-refractivity contribution is 6.37. The second kappa shape index (κ2) is 7.38. The molecule has 1 aromatic carbocycles. The third-order valence-electron chi connectivity index (χ3n) is 4.10. The molecule has 0 saturated heterocycles. The molecule has 0 fully saturated rings. The number of anilines is 1. The van der Waals surface area contributed by atoms with Gasteiger partial charge in [0.1, 0.15) is 10.8 Å². The molecule has 0 saturated carbocycles. The number of hydrogen-bond donors (Lipinski definition) is 1. The Morgan fingerprint density at radius 3 is 2.50 bits per heavy atom. The third kappa shape index (κ3) is 3.69. The van der Waals surface area contributed by atoms with Crippen LogP contribution in [0.1, 0.15) is 16.2 Å². The van der Waals surface area contributed by atoms with Crippen LogP contribution < -0.4 is 5.32 Å². The van der Waals surface area contributed by atoms with Crippen molar-refractivity contribution in [3.63, 3.8) is 0 Å². The predicted octanol–water partition coefficient (Wildman–Crippen LogP) is 4.85. The molecule has 4 rings (SSSR count). The van der Waals surface area contributed by atoms with Crippen molar-refractivity contribution in [3.8, 4) is 11.3 Å². The van der Waals surface area contributed by atoms with Gasteiger partial charge in [0, 0.05) is 11.8 Å². The molecule has 11 heteroatoms. The van der Waals surface area contributed by atoms with E-state index in [9.17, 15) is 22.4 Å². The van der Waals surface area contributed by atoms with Gasteiger partial charge in [0.25, 0.3) is 5.91 Å². The van der Waals surface area contributed by atoms with E-state index in [4.69, 9.17) is 11.6 Å². The Labute approximate surface area is 171 Å². The van der Waals surface area contributed by atoms with Crippen LogP contribution in [0, 0.1) is 5.82 Å². The van der Waals surface area contributed by atoms with E-state index in [2.05, 4.69) is 20.4 Å². The van der Waals surface area contributed by atoms with E-state index in [0.717, 1.165) is 18.2 Å². The maximum Gasteiger partial charge on any atom is 0.433 e. The number of fused-ring (bicyclic) bond motifs is 1. The number of alkyl halides is 3. The highest BCUT2D eigenvalue weighted by Crippen LogP contribution is 2.34. The maximum atomic E-state index is 13.7. The smallest absolute Gasteiger partial charge is 0.319 e. The Kier molecular flexibility index (Phi) is 4.86. The molecule has 4 aromatic rings. The van der Waals surface area contributed by atoms with Crippen LogP contribution in [-0.2, 0) is 6.18 Å². The first-order valence-electron chi connectivity index (χ1n) is 8.38. The Morgan fingerprint density at radius 1 is 1.13 bits per heavy atom. The van der Waals surface area contributed by atoms with E-state index in [1.165, 1.54) is 24.5 Å². The summed E-state index contributed by atoms with van der Waals surface area (Å²) in [5.74, 6) is -1.37. The second-order valence-electron chi connectivity index (χ2n) is 6.13. The molecule has 1 amide bonds. The van der Waals surface area contributed by atoms with Gasteiger partial charge >= 0.3 is 6.18 Å². The summed E-state index contributed by atoms with van der Waals surface area (Å²) >= 11 is 6.18. The molecule has 30 heavy (non-hydrogen) atoms. The van der Waals surface area contributed by atoms with Crippen molar-refractivity contribution < 1.29 is 22.4 Å². The van der Waals surface area contributed by atoms with E-state index >= 15 is 0 Å². The normalized spacial score (nSPS) is 11.6. The van der Waals surface area contributed by atoms with Gasteiger partial charge in [-0.3, -0.25) is 9.78 Å². The molecule has 0 unspecified atom stereocenters. The predicted molar refractivity (Wildman–Crippen MR) is 101 cm³/mol. The van der Waals surface area contributed by atoms with Gasteiger partial charge in [-0.15, -0.1) is 0 Å². The number of nitrogens with one attached hydrogen (secondary N) is 1. The number of carbonyl (C=O) groups excluding carboxylic acids is 1. The van der Waals surface area contributed by atoms with Gasteiger partial charge in [-0.1, -0.05) is 11.6 Å². The van der Waals surface area contributed by atoms with Crippen molar-refractivity contribution in [1.29, 1.82) is 0 Å². The molecular formula is C19H10ClF4N5O. The summed E-state index contributed by atoms with van der Waals surface area (Å²) in [6.45, 7) is 0. The summed E-state index contributed by atoms with van der Waals surface area (Å²) in [4.78, 5) is 20.5. The third-order valence-corrected chi connectivity index (χ3v) is 4.45. The fourth-order valence-corrected chi connectivity index (χ4v) is 2.98. The number of benzene rings is 1. The summed E-state index contributed by atoms with van der Waals surface area (Å²) in [7, 11) is 0. The lowest BCUT2D eigenvalue weighted by atomic mass is 10.1. The Balaban J connectivity index is 1.86. The molecule has 0 aliphatic rings. The zero-order valence-corrected chi connectivity index (χ0v) is 15.5. The van der Waals surface area contributed by atoms with Gasteiger partial charge in [-0.25, -0.2) is 13.9 Å². The fraction of sp³-hybridized carbons (Fsp3) is 0.0526. The fourth-order valence-electron chi connectivity index (χ4n) is 2.73. The topological polar surface area (TPSA) is 72.2 Å². The van der Waals surface area contributed by atoms with Gasteiger partial charge in [-0.05, 0) is 42.5 Å². The average Bonchev–Trinajstić information content (AvgIpc) is 3.04. The molecule has 0 spiro atoms. The molecule has 3 aromatic heterocycles. The van der Waals surface area contributed by atoms with E-state index in [1.54, 1.807) is 12.1 Å². The van der Waals surface area contributed by atoms with Crippen LogP contribution in [0.4, 0.5) is 23.2 Å². The van der Waals surface area contributed by atoms with Crippen molar-refractivity contribution in [2.24, 2.45) is 0 Å². The van der Waals surface area contributed by atoms with Crippen molar-refractivity contribution in [3.05, 3.63) is 77.1 Å². The van der Waals surface area contributed by atoms with Crippen molar-refractivity contribution in [2.45, 2.75) is 6.18 Å². The molecule has 0 bridgehead atoms. The van der Waals surface area contributed by atoms with Gasteiger partial charge in [0.2, 0.25) is 0 Å². The highest BCUT2D eigenvalue weighted by atomic mass is 35.5. The number of pyridine rings is 1. The van der Waals surface area contributed by atoms with Crippen molar-refractivity contribution in [1.82, 2.24) is 19.6 Å². The molecule has 0 aliphatic carbocycles. The summed E-state index contributed by atoms with van der Waals surface area (Å²) in [5, 5.41) is 5.84. The van der Waals surface area contributed by atoms with E-state index in [0.29, 0.717) is 10.2 Å². The summed E-state index contributed by atoms with van der Waals surface area (Å²) in [6.07, 6.45) is -1.97. The van der Waals surface area contributed by atoms with Gasteiger partial charge in [0.05, 0.1) is 17.6 Å². The second-order valence-corrected chi connectivity index (χ2v) is 6.50. The van der Waals surface area contributed by atoms with Gasteiger partial charge in [-0.2, -0.15) is 18.3 Å². The van der Waals surface area contributed by atoms with E-state index in [-0.39, 0.29) is 21.9 Å². The first-order valence-corrected chi connectivity index (χ1v) is 8.75. The van der Waals surface area contributed by atoms with Gasteiger partial charge in [0.15, 0.2) is 17.0 Å². The summed E-state index contributed by atoms with van der Waals surface area (Å²) in [5.41, 5.74) is -1.53. The molecule has 0 radical (unpaired) electrons. The molecule has 0 atom stereocenters. The van der Waals surface area contributed by atoms with Crippen LogP contribution in [0.25, 0.3) is 16.9 Å². The Bertz CT molecular complexity index is 1240. The maximum absolute atomic E-state index is 13.7. The number of nitrogens with zero attached hydrogens (tertiary/aromatic N) is 4. The van der Waals surface area contributed by atoms with Gasteiger partial charge < -0.3 is 5.32 Å². The molecule has 3 heterocycles. The van der Waals surface area contributed by atoms with Crippen LogP contribution in [0.2, 0.25) is 5.02 Å². The van der Waals surface area contributed by atoms with Crippen LogP contribution in [0.5, 0.6) is 0 Å². The summed E-state index contributed by atoms with van der Waals surface area (Å²) < 4.78 is 54.6. The van der Waals surface area contributed by atoms with Crippen LogP contribution in [-0.4, -0.2) is 25.5 Å². The van der Waals surface area contributed by atoms with Crippen LogP contribution >= 0.6 is 11.6 Å². The van der Waals surface area contributed by atoms with Crippen LogP contribution in [0.3, 0.4) is 0 Å². The molecular weight excluding hydrogens is 426 g/mol. The minimum absolute atomic E-state index is 0.101. The lowest BCUT2D eigenvalue weighted by Gasteiger charge is -2.11. The minimum atomic E-state index is -4.82. The number of rotatable bonds is 3. The number of halogens is 5. The number of aromatic nitrogens is 4. The number of hydrogen-bond acceptors (Lipinski definition) is 4. The van der Waals surface area contributed by atoms with Crippen molar-refractivity contribution in [2.75, 3.05) is 5.32 Å². The van der Waals surface area contributed by atoms with Crippen LogP contribution in [0.15, 0.2) is 54.9 Å². The first kappa shape index (κ1) is 19.8. The largest absolute Gasteiger partial charge is 0.433 e. The van der Waals surface area contributed by atoms with Crippen molar-refractivity contribution >= 4 is 28.8 Å². The first-order chi connectivity index (χ1) is 14.2. The number of carbonyl (C=O) groups is 1. The molecule has 1 N–H and O–H groups in total. The lowest BCUT2D eigenvalue weighted by Crippen LogP contribution is -2.16. The zero-order chi connectivity index (χ0) is 21.5.